The fraction of sp³-hybridized carbons (Fsp3) is 0.778. The van der Waals surface area contributed by atoms with Crippen LogP contribution in [0.1, 0.15) is 52.9 Å². The van der Waals surface area contributed by atoms with Gasteiger partial charge in [0.15, 0.2) is 5.96 Å². The van der Waals surface area contributed by atoms with E-state index < -0.39 is 0 Å². The number of hydrogen-bond acceptors (Lipinski definition) is 2. The highest BCUT2D eigenvalue weighted by atomic mass is 127. The van der Waals surface area contributed by atoms with Crippen LogP contribution in [0.5, 0.6) is 0 Å². The molecule has 1 aliphatic heterocycles. The summed E-state index contributed by atoms with van der Waals surface area (Å²) in [7, 11) is 0. The van der Waals surface area contributed by atoms with Gasteiger partial charge >= 0.3 is 0 Å². The average molecular weight is 448 g/mol. The van der Waals surface area contributed by atoms with Crippen molar-refractivity contribution in [2.75, 3.05) is 26.2 Å². The normalized spacial score (nSPS) is 20.8. The third-order valence-electron chi connectivity index (χ3n) is 4.52. The second kappa shape index (κ2) is 10.9. The van der Waals surface area contributed by atoms with E-state index in [1.165, 1.54) is 19.3 Å². The molecule has 1 amide bonds. The molecule has 0 aromatic heterocycles. The van der Waals surface area contributed by atoms with Crippen LogP contribution in [0.4, 0.5) is 0 Å². The lowest BCUT2D eigenvalue weighted by molar-refractivity contribution is -0.133. The van der Waals surface area contributed by atoms with Crippen LogP contribution in [-0.2, 0) is 4.79 Å². The zero-order chi connectivity index (χ0) is 16.7. The van der Waals surface area contributed by atoms with Gasteiger partial charge < -0.3 is 15.5 Å². The largest absolute Gasteiger partial charge is 0.357 e. The summed E-state index contributed by atoms with van der Waals surface area (Å²) in [4.78, 5) is 18.7. The molecule has 0 radical (unpaired) electrons. The van der Waals surface area contributed by atoms with E-state index in [9.17, 15) is 4.79 Å². The molecule has 24 heavy (non-hydrogen) atoms. The van der Waals surface area contributed by atoms with Crippen molar-refractivity contribution in [1.82, 2.24) is 15.5 Å². The summed E-state index contributed by atoms with van der Waals surface area (Å²) in [5.74, 6) is 1.22. The van der Waals surface area contributed by atoms with E-state index in [1.807, 2.05) is 18.7 Å². The van der Waals surface area contributed by atoms with Gasteiger partial charge in [-0.1, -0.05) is 25.5 Å². The molecule has 1 aliphatic carbocycles. The molecule has 0 aromatic carbocycles. The van der Waals surface area contributed by atoms with Gasteiger partial charge in [0.05, 0.1) is 0 Å². The highest BCUT2D eigenvalue weighted by molar-refractivity contribution is 14.0. The molecule has 1 unspecified atom stereocenters. The fourth-order valence-corrected chi connectivity index (χ4v) is 3.23. The molecule has 1 heterocycles. The quantitative estimate of drug-likeness (QED) is 0.284. The summed E-state index contributed by atoms with van der Waals surface area (Å²) in [5.41, 5.74) is 1.55. The summed E-state index contributed by atoms with van der Waals surface area (Å²) >= 11 is 0. The van der Waals surface area contributed by atoms with Crippen molar-refractivity contribution in [3.05, 3.63) is 11.6 Å². The molecule has 0 spiro atoms. The standard InChI is InChI=1S/C18H32N4O.HI/c1-4-19-18(20-11-9-15-7-5-6-8-15)21-16-10-12-22(13-16)17(23)14(2)3;/h7,14,16H,4-6,8-13H2,1-3H3,(H2,19,20,21);1H. The first-order chi connectivity index (χ1) is 11.1. The number of carbonyl (C=O) groups is 1. The fourth-order valence-electron chi connectivity index (χ4n) is 3.23. The Labute approximate surface area is 163 Å². The third kappa shape index (κ3) is 6.61. The van der Waals surface area contributed by atoms with Crippen molar-refractivity contribution < 1.29 is 4.79 Å². The van der Waals surface area contributed by atoms with Crippen LogP contribution in [-0.4, -0.2) is 49.0 Å². The van der Waals surface area contributed by atoms with Crippen LogP contribution in [0.3, 0.4) is 0 Å². The minimum atomic E-state index is 0. The minimum absolute atomic E-state index is 0. The Bertz CT molecular complexity index is 462. The molecule has 0 saturated carbocycles. The lowest BCUT2D eigenvalue weighted by Crippen LogP contribution is -2.45. The van der Waals surface area contributed by atoms with Gasteiger partial charge in [-0.05, 0) is 39.0 Å². The SMILES string of the molecule is CCNC(=NCCC1=CCCC1)NC1CCN(C(=O)C(C)C)C1.I. The molecule has 2 N–H and O–H groups in total. The third-order valence-corrected chi connectivity index (χ3v) is 4.52. The topological polar surface area (TPSA) is 56.7 Å². The molecular weight excluding hydrogens is 415 g/mol. The maximum atomic E-state index is 12.1. The predicted molar refractivity (Wildman–Crippen MR) is 111 cm³/mol. The number of likely N-dealkylation sites (tertiary alicyclic amines) is 1. The van der Waals surface area contributed by atoms with Gasteiger partial charge in [0.25, 0.3) is 0 Å². The molecular formula is C18H33IN4O. The van der Waals surface area contributed by atoms with Gasteiger partial charge in [-0.2, -0.15) is 0 Å². The lowest BCUT2D eigenvalue weighted by atomic mass is 10.2. The Morgan fingerprint density at radius 2 is 2.25 bits per heavy atom. The van der Waals surface area contributed by atoms with E-state index in [0.717, 1.165) is 45.0 Å². The van der Waals surface area contributed by atoms with Gasteiger partial charge in [-0.25, -0.2) is 0 Å². The molecule has 1 saturated heterocycles. The van der Waals surface area contributed by atoms with Crippen molar-refractivity contribution in [2.45, 2.75) is 58.9 Å². The summed E-state index contributed by atoms with van der Waals surface area (Å²) in [6.07, 6.45) is 8.21. The summed E-state index contributed by atoms with van der Waals surface area (Å²) in [5, 5.41) is 6.81. The molecule has 2 rings (SSSR count). The Hall–Kier alpha value is -0.790. The van der Waals surface area contributed by atoms with Gasteiger partial charge in [-0.15, -0.1) is 24.0 Å². The Balaban J connectivity index is 0.00000288. The van der Waals surface area contributed by atoms with E-state index in [-0.39, 0.29) is 35.8 Å². The number of hydrogen-bond donors (Lipinski definition) is 2. The monoisotopic (exact) mass is 448 g/mol. The smallest absolute Gasteiger partial charge is 0.225 e. The Morgan fingerprint density at radius 1 is 1.46 bits per heavy atom. The molecule has 0 bridgehead atoms. The van der Waals surface area contributed by atoms with Gasteiger partial charge in [0, 0.05) is 38.1 Å². The predicted octanol–water partition coefficient (Wildman–Crippen LogP) is 2.92. The molecule has 138 valence electrons. The molecule has 1 fully saturated rings. The first kappa shape index (κ1) is 21.3. The molecule has 2 aliphatic rings. The van der Waals surface area contributed by atoms with Crippen LogP contribution >= 0.6 is 24.0 Å². The van der Waals surface area contributed by atoms with E-state index in [1.54, 1.807) is 5.57 Å². The van der Waals surface area contributed by atoms with Crippen LogP contribution in [0, 0.1) is 5.92 Å². The van der Waals surface area contributed by atoms with Crippen molar-refractivity contribution in [1.29, 1.82) is 0 Å². The van der Waals surface area contributed by atoms with Crippen molar-refractivity contribution in [2.24, 2.45) is 10.9 Å². The highest BCUT2D eigenvalue weighted by Gasteiger charge is 2.27. The van der Waals surface area contributed by atoms with E-state index in [2.05, 4.69) is 23.6 Å². The number of nitrogens with one attached hydrogen (secondary N) is 2. The first-order valence-corrected chi connectivity index (χ1v) is 9.11. The second-order valence-electron chi connectivity index (χ2n) is 6.83. The number of allylic oxidation sites excluding steroid dienone is 1. The number of nitrogens with zero attached hydrogens (tertiary/aromatic N) is 2. The molecule has 0 aromatic rings. The number of carbonyl (C=O) groups excluding carboxylic acids is 1. The first-order valence-electron chi connectivity index (χ1n) is 9.11. The number of aliphatic imine (C=N–C) groups is 1. The molecule has 1 atom stereocenters. The number of amides is 1. The lowest BCUT2D eigenvalue weighted by Gasteiger charge is -2.20. The van der Waals surface area contributed by atoms with Crippen molar-refractivity contribution in [3.63, 3.8) is 0 Å². The number of rotatable bonds is 6. The van der Waals surface area contributed by atoms with Crippen LogP contribution in [0.25, 0.3) is 0 Å². The maximum absolute atomic E-state index is 12.1. The van der Waals surface area contributed by atoms with Gasteiger partial charge in [0.2, 0.25) is 5.91 Å². The summed E-state index contributed by atoms with van der Waals surface area (Å²) < 4.78 is 0. The highest BCUT2D eigenvalue weighted by Crippen LogP contribution is 2.20. The second-order valence-corrected chi connectivity index (χ2v) is 6.83. The molecule has 5 nitrogen and oxygen atoms in total. The average Bonchev–Trinajstić information content (AvgIpc) is 3.18. The Morgan fingerprint density at radius 3 is 2.88 bits per heavy atom. The van der Waals surface area contributed by atoms with E-state index in [4.69, 9.17) is 4.99 Å². The van der Waals surface area contributed by atoms with E-state index in [0.29, 0.717) is 6.04 Å². The van der Waals surface area contributed by atoms with Crippen molar-refractivity contribution in [3.8, 4) is 0 Å². The van der Waals surface area contributed by atoms with Crippen LogP contribution < -0.4 is 10.6 Å². The zero-order valence-corrected chi connectivity index (χ0v) is 17.6. The van der Waals surface area contributed by atoms with Crippen LogP contribution in [0.2, 0.25) is 0 Å². The minimum Gasteiger partial charge on any atom is -0.357 e. The molecule has 6 heteroatoms. The van der Waals surface area contributed by atoms with E-state index >= 15 is 0 Å². The van der Waals surface area contributed by atoms with Gasteiger partial charge in [0.1, 0.15) is 0 Å². The zero-order valence-electron chi connectivity index (χ0n) is 15.3. The Kier molecular flexibility index (Phi) is 9.69. The van der Waals surface area contributed by atoms with Crippen molar-refractivity contribution >= 4 is 35.8 Å². The summed E-state index contributed by atoms with van der Waals surface area (Å²) in [6.45, 7) is 9.34. The number of guanidine groups is 1. The van der Waals surface area contributed by atoms with Gasteiger partial charge in [-0.3, -0.25) is 9.79 Å². The number of halogens is 1. The van der Waals surface area contributed by atoms with Crippen LogP contribution in [0.15, 0.2) is 16.6 Å². The summed E-state index contributed by atoms with van der Waals surface area (Å²) in [6, 6.07) is 0.307. The maximum Gasteiger partial charge on any atom is 0.225 e.